The van der Waals surface area contributed by atoms with Gasteiger partial charge < -0.3 is 19.2 Å². The van der Waals surface area contributed by atoms with Crippen molar-refractivity contribution in [1.29, 1.82) is 0 Å². The summed E-state index contributed by atoms with van der Waals surface area (Å²) in [4.78, 5) is 20.5. The van der Waals surface area contributed by atoms with Crippen molar-refractivity contribution in [3.8, 4) is 0 Å². The van der Waals surface area contributed by atoms with E-state index in [1.54, 1.807) is 6.07 Å². The number of amides is 1. The monoisotopic (exact) mass is 402 g/mol. The van der Waals surface area contributed by atoms with E-state index in [2.05, 4.69) is 19.9 Å². The fourth-order valence-electron chi connectivity index (χ4n) is 5.50. The summed E-state index contributed by atoms with van der Waals surface area (Å²) >= 11 is 0. The average molecular weight is 403 g/mol. The van der Waals surface area contributed by atoms with Gasteiger partial charge in [-0.25, -0.2) is 0 Å². The standard InChI is InChI=1S/C23H38N4O2/c1-19-16-22(29-24-19)23(28)27(15-14-25-11-5-2-6-12-25)18-20-8-7-13-26(17-20)21-9-3-4-10-21/h16,20-21H,2-15,17-18H2,1H3/t20-/m1/s1. The van der Waals surface area contributed by atoms with E-state index < -0.39 is 0 Å². The van der Waals surface area contributed by atoms with E-state index in [0.29, 0.717) is 11.7 Å². The molecule has 1 amide bonds. The Balaban J connectivity index is 1.38. The highest BCUT2D eigenvalue weighted by atomic mass is 16.5. The van der Waals surface area contributed by atoms with Gasteiger partial charge in [0, 0.05) is 38.3 Å². The number of rotatable bonds is 7. The topological polar surface area (TPSA) is 52.8 Å². The molecule has 0 N–H and O–H groups in total. The Morgan fingerprint density at radius 2 is 1.90 bits per heavy atom. The molecule has 29 heavy (non-hydrogen) atoms. The third-order valence-corrected chi connectivity index (χ3v) is 7.13. The number of nitrogens with zero attached hydrogens (tertiary/aromatic N) is 4. The molecule has 1 saturated carbocycles. The van der Waals surface area contributed by atoms with E-state index in [4.69, 9.17) is 4.52 Å². The van der Waals surface area contributed by atoms with Crippen LogP contribution in [0.4, 0.5) is 0 Å². The number of hydrogen-bond donors (Lipinski definition) is 0. The van der Waals surface area contributed by atoms with Crippen LogP contribution < -0.4 is 0 Å². The molecule has 0 radical (unpaired) electrons. The predicted molar refractivity (Wildman–Crippen MR) is 114 cm³/mol. The van der Waals surface area contributed by atoms with Crippen LogP contribution in [0.5, 0.6) is 0 Å². The molecule has 0 aromatic carbocycles. The Morgan fingerprint density at radius 1 is 1.10 bits per heavy atom. The SMILES string of the molecule is Cc1cc(C(=O)N(CCN2CCCCC2)C[C@@H]2CCCN(C3CCCC3)C2)on1. The quantitative estimate of drug-likeness (QED) is 0.698. The lowest BCUT2D eigenvalue weighted by Crippen LogP contribution is -2.47. The molecule has 0 bridgehead atoms. The largest absolute Gasteiger partial charge is 0.351 e. The normalized spacial score (nSPS) is 24.8. The Kier molecular flexibility index (Phi) is 7.24. The molecular weight excluding hydrogens is 364 g/mol. The third-order valence-electron chi connectivity index (χ3n) is 7.13. The summed E-state index contributed by atoms with van der Waals surface area (Å²) < 4.78 is 5.33. The zero-order valence-corrected chi connectivity index (χ0v) is 18.2. The molecule has 0 spiro atoms. The number of aryl methyl sites for hydroxylation is 1. The van der Waals surface area contributed by atoms with Gasteiger partial charge in [0.2, 0.25) is 5.76 Å². The third kappa shape index (κ3) is 5.60. The van der Waals surface area contributed by atoms with Crippen molar-refractivity contribution in [3.63, 3.8) is 0 Å². The van der Waals surface area contributed by atoms with Crippen LogP contribution in [0, 0.1) is 12.8 Å². The van der Waals surface area contributed by atoms with Crippen molar-refractivity contribution in [2.75, 3.05) is 45.8 Å². The molecule has 1 aliphatic carbocycles. The Labute approximate surface area is 175 Å². The van der Waals surface area contributed by atoms with Gasteiger partial charge in [0.05, 0.1) is 5.69 Å². The van der Waals surface area contributed by atoms with Crippen molar-refractivity contribution in [2.45, 2.75) is 70.8 Å². The highest BCUT2D eigenvalue weighted by Gasteiger charge is 2.30. The first-order valence-corrected chi connectivity index (χ1v) is 11.9. The minimum atomic E-state index is 0.0144. The number of carbonyl (C=O) groups excluding carboxylic acids is 1. The minimum absolute atomic E-state index is 0.0144. The van der Waals surface area contributed by atoms with Crippen LogP contribution in [0.25, 0.3) is 0 Å². The first kappa shape index (κ1) is 20.9. The molecule has 3 fully saturated rings. The molecule has 1 atom stereocenters. The van der Waals surface area contributed by atoms with E-state index in [-0.39, 0.29) is 5.91 Å². The molecule has 6 nitrogen and oxygen atoms in total. The summed E-state index contributed by atoms with van der Waals surface area (Å²) in [6.07, 6.45) is 11.9. The lowest BCUT2D eigenvalue weighted by molar-refractivity contribution is 0.0574. The van der Waals surface area contributed by atoms with Crippen LogP contribution in [-0.2, 0) is 0 Å². The molecule has 3 heterocycles. The second-order valence-electron chi connectivity index (χ2n) is 9.43. The van der Waals surface area contributed by atoms with Crippen LogP contribution in [0.3, 0.4) is 0 Å². The average Bonchev–Trinajstić information content (AvgIpc) is 3.44. The number of piperidine rings is 2. The summed E-state index contributed by atoms with van der Waals surface area (Å²) in [5.74, 6) is 0.976. The van der Waals surface area contributed by atoms with Gasteiger partial charge in [-0.05, 0) is 71.0 Å². The van der Waals surface area contributed by atoms with Crippen molar-refractivity contribution < 1.29 is 9.32 Å². The minimum Gasteiger partial charge on any atom is -0.351 e. The van der Waals surface area contributed by atoms with Crippen LogP contribution in [0.15, 0.2) is 10.6 Å². The van der Waals surface area contributed by atoms with Gasteiger partial charge in [-0.15, -0.1) is 0 Å². The van der Waals surface area contributed by atoms with Gasteiger partial charge in [-0.2, -0.15) is 0 Å². The van der Waals surface area contributed by atoms with Gasteiger partial charge >= 0.3 is 0 Å². The molecule has 4 rings (SSSR count). The summed E-state index contributed by atoms with van der Waals surface area (Å²) in [6.45, 7) is 9.20. The number of likely N-dealkylation sites (tertiary alicyclic amines) is 2. The summed E-state index contributed by atoms with van der Waals surface area (Å²) in [5.41, 5.74) is 0.773. The smallest absolute Gasteiger partial charge is 0.292 e. The van der Waals surface area contributed by atoms with E-state index in [1.165, 1.54) is 77.4 Å². The van der Waals surface area contributed by atoms with Gasteiger partial charge in [-0.1, -0.05) is 24.4 Å². The van der Waals surface area contributed by atoms with Gasteiger partial charge in [-0.3, -0.25) is 4.79 Å². The van der Waals surface area contributed by atoms with Gasteiger partial charge in [0.25, 0.3) is 5.91 Å². The highest BCUT2D eigenvalue weighted by molar-refractivity contribution is 5.91. The van der Waals surface area contributed by atoms with Crippen LogP contribution >= 0.6 is 0 Å². The van der Waals surface area contributed by atoms with Crippen molar-refractivity contribution in [3.05, 3.63) is 17.5 Å². The molecular formula is C23H38N4O2. The lowest BCUT2D eigenvalue weighted by atomic mass is 9.95. The number of carbonyl (C=O) groups is 1. The molecule has 6 heteroatoms. The van der Waals surface area contributed by atoms with E-state index >= 15 is 0 Å². The summed E-state index contributed by atoms with van der Waals surface area (Å²) in [7, 11) is 0. The molecule has 162 valence electrons. The van der Waals surface area contributed by atoms with Crippen molar-refractivity contribution >= 4 is 5.91 Å². The van der Waals surface area contributed by atoms with Crippen LogP contribution in [0.2, 0.25) is 0 Å². The maximum absolute atomic E-state index is 13.2. The second kappa shape index (κ2) is 10.1. The van der Waals surface area contributed by atoms with Gasteiger partial charge in [0.1, 0.15) is 0 Å². The molecule has 1 aromatic rings. The zero-order valence-electron chi connectivity index (χ0n) is 18.2. The zero-order chi connectivity index (χ0) is 20.1. The number of aromatic nitrogens is 1. The molecule has 2 aliphatic heterocycles. The highest BCUT2D eigenvalue weighted by Crippen LogP contribution is 2.28. The maximum atomic E-state index is 13.2. The maximum Gasteiger partial charge on any atom is 0.292 e. The number of hydrogen-bond acceptors (Lipinski definition) is 5. The Morgan fingerprint density at radius 3 is 2.62 bits per heavy atom. The van der Waals surface area contributed by atoms with Crippen molar-refractivity contribution in [1.82, 2.24) is 19.9 Å². The van der Waals surface area contributed by atoms with Gasteiger partial charge in [0.15, 0.2) is 0 Å². The predicted octanol–water partition coefficient (Wildman–Crippen LogP) is 3.57. The fourth-order valence-corrected chi connectivity index (χ4v) is 5.50. The summed E-state index contributed by atoms with van der Waals surface area (Å²) in [5, 5.41) is 3.94. The molecule has 1 aromatic heterocycles. The Bertz CT molecular complexity index is 649. The first-order chi connectivity index (χ1) is 14.2. The first-order valence-electron chi connectivity index (χ1n) is 11.9. The van der Waals surface area contributed by atoms with Crippen LogP contribution in [-0.4, -0.2) is 77.6 Å². The van der Waals surface area contributed by atoms with E-state index in [0.717, 1.165) is 37.9 Å². The Hall–Kier alpha value is -1.40. The molecule has 2 saturated heterocycles. The van der Waals surface area contributed by atoms with E-state index in [1.807, 2.05) is 6.92 Å². The molecule has 0 unspecified atom stereocenters. The second-order valence-corrected chi connectivity index (χ2v) is 9.43. The lowest BCUT2D eigenvalue weighted by Gasteiger charge is -2.39. The van der Waals surface area contributed by atoms with Crippen LogP contribution in [0.1, 0.15) is 74.0 Å². The summed E-state index contributed by atoms with van der Waals surface area (Å²) in [6, 6.07) is 2.56. The van der Waals surface area contributed by atoms with E-state index in [9.17, 15) is 4.79 Å². The van der Waals surface area contributed by atoms with Crippen molar-refractivity contribution in [2.24, 2.45) is 5.92 Å². The fraction of sp³-hybridized carbons (Fsp3) is 0.826. The molecule has 3 aliphatic rings.